The molecule has 3 N–H and O–H groups in total. The van der Waals surface area contributed by atoms with Gasteiger partial charge < -0.3 is 9.88 Å². The number of aromatic nitrogens is 2. The van der Waals surface area contributed by atoms with E-state index in [1.807, 2.05) is 49.3 Å². The van der Waals surface area contributed by atoms with Gasteiger partial charge in [-0.15, -0.1) is 0 Å². The van der Waals surface area contributed by atoms with Crippen LogP contribution in [-0.2, 0) is 11.2 Å². The normalized spacial score (nSPS) is 10.5. The van der Waals surface area contributed by atoms with Crippen LogP contribution in [0, 0.1) is 0 Å². The van der Waals surface area contributed by atoms with Gasteiger partial charge in [-0.3, -0.25) is 20.4 Å². The lowest BCUT2D eigenvalue weighted by molar-refractivity contribution is -0.121. The maximum absolute atomic E-state index is 12.2. The van der Waals surface area contributed by atoms with Crippen LogP contribution in [0.3, 0.4) is 0 Å². The Bertz CT molecular complexity index is 899. The van der Waals surface area contributed by atoms with E-state index in [0.717, 1.165) is 22.5 Å². The summed E-state index contributed by atoms with van der Waals surface area (Å²) in [6, 6.07) is 14.9. The number of amides is 2. The zero-order valence-electron chi connectivity index (χ0n) is 14.7. The van der Waals surface area contributed by atoms with Crippen LogP contribution in [-0.4, -0.2) is 35.9 Å². The number of para-hydroxylation sites is 2. The summed E-state index contributed by atoms with van der Waals surface area (Å²) in [6.07, 6.45) is 0.685. The number of aromatic amines is 1. The molecule has 2 aromatic carbocycles. The van der Waals surface area contributed by atoms with Gasteiger partial charge in [0.1, 0.15) is 5.82 Å². The first-order valence-electron chi connectivity index (χ1n) is 8.33. The number of hydrogen-bond acceptors (Lipinski definition) is 4. The molecule has 1 aromatic heterocycles. The monoisotopic (exact) mass is 351 g/mol. The largest absolute Gasteiger partial charge is 0.378 e. The lowest BCUT2D eigenvalue weighted by Gasteiger charge is -2.13. The number of nitrogens with one attached hydrogen (secondary N) is 3. The minimum Gasteiger partial charge on any atom is -0.378 e. The Hall–Kier alpha value is -3.35. The fraction of sp³-hybridized carbons (Fsp3) is 0.211. The third kappa shape index (κ3) is 4.18. The summed E-state index contributed by atoms with van der Waals surface area (Å²) in [5.41, 5.74) is 8.09. The number of H-pyrrole nitrogens is 1. The molecule has 3 aromatic rings. The molecule has 2 amide bonds. The second-order valence-electron chi connectivity index (χ2n) is 6.15. The van der Waals surface area contributed by atoms with Crippen molar-refractivity contribution in [1.82, 2.24) is 20.8 Å². The third-order valence-corrected chi connectivity index (χ3v) is 3.97. The van der Waals surface area contributed by atoms with E-state index >= 15 is 0 Å². The molecular formula is C19H21N5O2. The molecule has 7 heteroatoms. The predicted octanol–water partition coefficient (Wildman–Crippen LogP) is 2.02. The van der Waals surface area contributed by atoms with Crippen molar-refractivity contribution in [3.8, 4) is 0 Å². The Labute approximate surface area is 151 Å². The first-order valence-corrected chi connectivity index (χ1v) is 8.33. The lowest BCUT2D eigenvalue weighted by atomic mass is 10.2. The van der Waals surface area contributed by atoms with E-state index in [9.17, 15) is 9.59 Å². The number of nitrogens with zero attached hydrogens (tertiary/aromatic N) is 2. The van der Waals surface area contributed by atoms with Crippen molar-refractivity contribution in [2.24, 2.45) is 0 Å². The summed E-state index contributed by atoms with van der Waals surface area (Å²) in [7, 11) is 3.80. The fourth-order valence-electron chi connectivity index (χ4n) is 2.54. The third-order valence-electron chi connectivity index (χ3n) is 3.97. The van der Waals surface area contributed by atoms with Gasteiger partial charge >= 0.3 is 0 Å². The molecule has 0 atom stereocenters. The van der Waals surface area contributed by atoms with E-state index in [-0.39, 0.29) is 18.2 Å². The van der Waals surface area contributed by atoms with Crippen LogP contribution >= 0.6 is 0 Å². The molecule has 3 rings (SSSR count). The number of hydrazine groups is 1. The highest BCUT2D eigenvalue weighted by Crippen LogP contribution is 2.13. The van der Waals surface area contributed by atoms with E-state index in [2.05, 4.69) is 20.8 Å². The Morgan fingerprint density at radius 2 is 1.88 bits per heavy atom. The van der Waals surface area contributed by atoms with Gasteiger partial charge in [0, 0.05) is 38.2 Å². The number of hydrogen-bond donors (Lipinski definition) is 3. The second-order valence-corrected chi connectivity index (χ2v) is 6.15. The predicted molar refractivity (Wildman–Crippen MR) is 101 cm³/mol. The average Bonchev–Trinajstić information content (AvgIpc) is 3.07. The summed E-state index contributed by atoms with van der Waals surface area (Å²) < 4.78 is 0. The fourth-order valence-corrected chi connectivity index (χ4v) is 2.54. The van der Waals surface area contributed by atoms with Crippen LogP contribution < -0.4 is 15.8 Å². The van der Waals surface area contributed by atoms with Crippen LogP contribution in [0.1, 0.15) is 22.6 Å². The molecule has 7 nitrogen and oxygen atoms in total. The van der Waals surface area contributed by atoms with Gasteiger partial charge in [-0.1, -0.05) is 18.2 Å². The molecule has 134 valence electrons. The van der Waals surface area contributed by atoms with Gasteiger partial charge in [-0.25, -0.2) is 4.98 Å². The minimum absolute atomic E-state index is 0.220. The van der Waals surface area contributed by atoms with E-state index in [1.54, 1.807) is 18.2 Å². The van der Waals surface area contributed by atoms with Crippen molar-refractivity contribution in [3.05, 3.63) is 59.9 Å². The van der Waals surface area contributed by atoms with E-state index in [1.165, 1.54) is 0 Å². The lowest BCUT2D eigenvalue weighted by Crippen LogP contribution is -2.41. The van der Waals surface area contributed by atoms with Gasteiger partial charge in [0.05, 0.1) is 11.0 Å². The van der Waals surface area contributed by atoms with Crippen molar-refractivity contribution in [3.63, 3.8) is 0 Å². The SMILES string of the molecule is CN(C)c1cccc(C(=O)NNC(=O)CCc2nc3ccccc3[nH]2)c1. The number of anilines is 1. The molecule has 0 aliphatic heterocycles. The standard InChI is InChI=1S/C19H21N5O2/c1-24(2)14-7-5-6-13(12-14)19(26)23-22-18(25)11-10-17-20-15-8-3-4-9-16(15)21-17/h3-9,12H,10-11H2,1-2H3,(H,20,21)(H,22,25)(H,23,26). The molecule has 0 saturated heterocycles. The summed E-state index contributed by atoms with van der Waals surface area (Å²) in [5.74, 6) is 0.111. The van der Waals surface area contributed by atoms with Gasteiger partial charge in [0.25, 0.3) is 5.91 Å². The highest BCUT2D eigenvalue weighted by Gasteiger charge is 2.10. The zero-order chi connectivity index (χ0) is 18.5. The Kier molecular flexibility index (Phi) is 5.17. The van der Waals surface area contributed by atoms with Crippen LogP contribution in [0.5, 0.6) is 0 Å². The van der Waals surface area contributed by atoms with E-state index in [4.69, 9.17) is 0 Å². The number of rotatable bonds is 5. The van der Waals surface area contributed by atoms with Crippen LogP contribution in [0.15, 0.2) is 48.5 Å². The number of carbonyl (C=O) groups is 2. The summed E-state index contributed by atoms with van der Waals surface area (Å²) in [4.78, 5) is 33.6. The molecule has 0 aliphatic carbocycles. The molecule has 26 heavy (non-hydrogen) atoms. The molecule has 0 fully saturated rings. The number of aryl methyl sites for hydroxylation is 1. The van der Waals surface area contributed by atoms with Crippen LogP contribution in [0.2, 0.25) is 0 Å². The second kappa shape index (κ2) is 7.69. The summed E-state index contributed by atoms with van der Waals surface area (Å²) in [5, 5.41) is 0. The molecule has 0 aliphatic rings. The molecular weight excluding hydrogens is 330 g/mol. The van der Waals surface area contributed by atoms with Crippen molar-refractivity contribution in [2.45, 2.75) is 12.8 Å². The van der Waals surface area contributed by atoms with Crippen LogP contribution in [0.4, 0.5) is 5.69 Å². The van der Waals surface area contributed by atoms with E-state index in [0.29, 0.717) is 12.0 Å². The van der Waals surface area contributed by atoms with E-state index < -0.39 is 0 Å². The molecule has 0 saturated carbocycles. The maximum atomic E-state index is 12.2. The highest BCUT2D eigenvalue weighted by molar-refractivity contribution is 5.96. The van der Waals surface area contributed by atoms with Crippen LogP contribution in [0.25, 0.3) is 11.0 Å². The number of fused-ring (bicyclic) bond motifs is 1. The molecule has 1 heterocycles. The van der Waals surface area contributed by atoms with Gasteiger partial charge in [-0.05, 0) is 30.3 Å². The van der Waals surface area contributed by atoms with Crippen molar-refractivity contribution < 1.29 is 9.59 Å². The smallest absolute Gasteiger partial charge is 0.269 e. The Morgan fingerprint density at radius 1 is 1.08 bits per heavy atom. The topological polar surface area (TPSA) is 90.1 Å². The number of imidazole rings is 1. The zero-order valence-corrected chi connectivity index (χ0v) is 14.7. The molecule has 0 bridgehead atoms. The van der Waals surface area contributed by atoms with Crippen molar-refractivity contribution in [2.75, 3.05) is 19.0 Å². The minimum atomic E-state index is -0.356. The first kappa shape index (κ1) is 17.5. The number of benzene rings is 2. The Balaban J connectivity index is 1.50. The quantitative estimate of drug-likeness (QED) is 0.614. The average molecular weight is 351 g/mol. The Morgan fingerprint density at radius 3 is 2.65 bits per heavy atom. The molecule has 0 radical (unpaired) electrons. The number of carbonyl (C=O) groups excluding carboxylic acids is 2. The molecule has 0 unspecified atom stereocenters. The van der Waals surface area contributed by atoms with Gasteiger partial charge in [0.2, 0.25) is 5.91 Å². The van der Waals surface area contributed by atoms with Crippen molar-refractivity contribution in [1.29, 1.82) is 0 Å². The van der Waals surface area contributed by atoms with Gasteiger partial charge in [0.15, 0.2) is 0 Å². The van der Waals surface area contributed by atoms with Crippen molar-refractivity contribution >= 4 is 28.5 Å². The van der Waals surface area contributed by atoms with Gasteiger partial charge in [-0.2, -0.15) is 0 Å². The summed E-state index contributed by atoms with van der Waals surface area (Å²) >= 11 is 0. The highest BCUT2D eigenvalue weighted by atomic mass is 16.2. The molecule has 0 spiro atoms. The summed E-state index contributed by atoms with van der Waals surface area (Å²) in [6.45, 7) is 0. The first-order chi connectivity index (χ1) is 12.5. The maximum Gasteiger partial charge on any atom is 0.269 e.